The summed E-state index contributed by atoms with van der Waals surface area (Å²) < 4.78 is 21.5. The minimum Gasteiger partial charge on any atom is -0.486 e. The summed E-state index contributed by atoms with van der Waals surface area (Å²) in [5.41, 5.74) is 0.867. The minimum absolute atomic E-state index is 0.176. The zero-order chi connectivity index (χ0) is 21.6. The summed E-state index contributed by atoms with van der Waals surface area (Å²) in [6.07, 6.45) is 8.02. The Kier molecular flexibility index (Phi) is 5.10. The summed E-state index contributed by atoms with van der Waals surface area (Å²) in [5, 5.41) is 7.01. The third kappa shape index (κ3) is 3.88. The van der Waals surface area contributed by atoms with E-state index < -0.39 is 5.60 Å². The van der Waals surface area contributed by atoms with Gasteiger partial charge >= 0.3 is 0 Å². The molecule has 1 aromatic carbocycles. The van der Waals surface area contributed by atoms with Gasteiger partial charge in [0.15, 0.2) is 0 Å². The third-order valence-corrected chi connectivity index (χ3v) is 6.48. The topological polar surface area (TPSA) is 52.1 Å². The molecule has 31 heavy (non-hydrogen) atoms. The molecule has 0 saturated carbocycles. The Morgan fingerprint density at radius 2 is 2.13 bits per heavy atom. The third-order valence-electron chi connectivity index (χ3n) is 6.48. The van der Waals surface area contributed by atoms with Crippen LogP contribution in [0.4, 0.5) is 4.39 Å². The first-order chi connectivity index (χ1) is 14.9. The van der Waals surface area contributed by atoms with Gasteiger partial charge in [0.05, 0.1) is 12.6 Å². The maximum atomic E-state index is 15.0. The van der Waals surface area contributed by atoms with Gasteiger partial charge in [-0.1, -0.05) is 12.2 Å². The van der Waals surface area contributed by atoms with E-state index in [2.05, 4.69) is 41.2 Å². The van der Waals surface area contributed by atoms with Crippen LogP contribution in [0.3, 0.4) is 0 Å². The predicted octanol–water partition coefficient (Wildman–Crippen LogP) is 2.71. The van der Waals surface area contributed by atoms with Gasteiger partial charge in [-0.25, -0.2) is 4.39 Å². The van der Waals surface area contributed by atoms with Crippen LogP contribution in [0.15, 0.2) is 53.4 Å². The zero-order valence-electron chi connectivity index (χ0n) is 18.4. The van der Waals surface area contributed by atoms with E-state index in [4.69, 9.17) is 9.73 Å². The molecule has 0 spiro atoms. The Morgan fingerprint density at radius 1 is 1.26 bits per heavy atom. The van der Waals surface area contributed by atoms with E-state index in [-0.39, 0.29) is 11.9 Å². The van der Waals surface area contributed by atoms with Crippen molar-refractivity contribution >= 4 is 11.4 Å². The zero-order valence-corrected chi connectivity index (χ0v) is 18.4. The number of aliphatic imine (C=N–C) groups is 1. The maximum Gasteiger partial charge on any atom is 0.131 e. The lowest BCUT2D eigenvalue weighted by Gasteiger charge is -2.46. The van der Waals surface area contributed by atoms with Crippen LogP contribution in [0, 0.1) is 5.82 Å². The van der Waals surface area contributed by atoms with Crippen molar-refractivity contribution in [3.05, 3.63) is 59.8 Å². The van der Waals surface area contributed by atoms with Crippen LogP contribution in [0.5, 0.6) is 5.75 Å². The number of hydrogen-bond donors (Lipinski definition) is 2. The SMILES string of the molecule is CC1CN2CCN=C3C=CN4CC=CC(=C4N3)c3cc(ccc3F)OC(C)(C)[C@H]2CN1. The van der Waals surface area contributed by atoms with Gasteiger partial charge in [-0.3, -0.25) is 9.89 Å². The first-order valence-corrected chi connectivity index (χ1v) is 11.0. The van der Waals surface area contributed by atoms with Gasteiger partial charge in [0.25, 0.3) is 0 Å². The summed E-state index contributed by atoms with van der Waals surface area (Å²) in [5.74, 6) is 2.07. The van der Waals surface area contributed by atoms with Crippen LogP contribution < -0.4 is 15.4 Å². The summed E-state index contributed by atoms with van der Waals surface area (Å²) in [7, 11) is 0. The Balaban J connectivity index is 1.62. The molecule has 6 nitrogen and oxygen atoms in total. The van der Waals surface area contributed by atoms with Gasteiger partial charge in [0, 0.05) is 49.6 Å². The summed E-state index contributed by atoms with van der Waals surface area (Å²) in [6.45, 7) is 10.5. The molecule has 0 radical (unpaired) electrons. The lowest BCUT2D eigenvalue weighted by Crippen LogP contribution is -2.64. The number of ether oxygens (including phenoxy) is 1. The summed E-state index contributed by atoms with van der Waals surface area (Å²) in [4.78, 5) is 9.35. The van der Waals surface area contributed by atoms with Crippen LogP contribution in [0.1, 0.15) is 26.3 Å². The number of rotatable bonds is 0. The molecular weight excluding hydrogens is 393 g/mol. The van der Waals surface area contributed by atoms with E-state index in [9.17, 15) is 4.39 Å². The fraction of sp³-hybridized carbons (Fsp3) is 0.458. The maximum absolute atomic E-state index is 15.0. The van der Waals surface area contributed by atoms with Crippen molar-refractivity contribution in [2.24, 2.45) is 4.99 Å². The Labute approximate surface area is 183 Å². The Hall–Kier alpha value is -2.64. The monoisotopic (exact) mass is 423 g/mol. The smallest absolute Gasteiger partial charge is 0.131 e. The van der Waals surface area contributed by atoms with Gasteiger partial charge in [0.1, 0.15) is 28.8 Å². The van der Waals surface area contributed by atoms with E-state index >= 15 is 0 Å². The molecule has 7 heteroatoms. The molecule has 1 saturated heterocycles. The molecule has 4 bridgehead atoms. The molecule has 1 fully saturated rings. The molecule has 0 aliphatic carbocycles. The number of allylic oxidation sites excluding steroid dienone is 2. The molecule has 4 aliphatic rings. The van der Waals surface area contributed by atoms with Crippen LogP contribution in [-0.4, -0.2) is 66.0 Å². The average Bonchev–Trinajstić information content (AvgIpc) is 2.74. The molecule has 164 valence electrons. The van der Waals surface area contributed by atoms with E-state index in [1.807, 2.05) is 30.5 Å². The standard InChI is InChI=1S/C24H30FN5O/c1-16-15-30-12-9-26-22-8-11-29-10-4-5-18(23(29)28-22)19-13-17(6-7-20(19)25)31-24(2,3)21(30)14-27-16/h4-8,11,13,16,21,27H,9-10,12,14-15H2,1-3H3,(H,26,28)/t16?,21-/m1/s1. The minimum atomic E-state index is -0.459. The van der Waals surface area contributed by atoms with Gasteiger partial charge in [-0.05, 0) is 45.0 Å². The second-order valence-electron chi connectivity index (χ2n) is 9.19. The highest BCUT2D eigenvalue weighted by molar-refractivity contribution is 5.97. The Bertz CT molecular complexity index is 996. The predicted molar refractivity (Wildman–Crippen MR) is 121 cm³/mol. The van der Waals surface area contributed by atoms with Crippen molar-refractivity contribution < 1.29 is 9.13 Å². The second kappa shape index (κ2) is 7.80. The molecule has 5 rings (SSSR count). The van der Waals surface area contributed by atoms with Crippen LogP contribution in [-0.2, 0) is 0 Å². The number of hydrogen-bond acceptors (Lipinski definition) is 6. The molecular formula is C24H30FN5O. The van der Waals surface area contributed by atoms with Crippen molar-refractivity contribution in [3.8, 4) is 5.75 Å². The van der Waals surface area contributed by atoms with Crippen LogP contribution in [0.25, 0.3) is 5.57 Å². The molecule has 0 aromatic heterocycles. The van der Waals surface area contributed by atoms with E-state index in [0.717, 1.165) is 43.4 Å². The van der Waals surface area contributed by atoms with Crippen molar-refractivity contribution in [3.63, 3.8) is 0 Å². The number of amidine groups is 1. The molecule has 0 amide bonds. The fourth-order valence-corrected chi connectivity index (χ4v) is 4.88. The second-order valence-corrected chi connectivity index (χ2v) is 9.19. The first-order valence-electron chi connectivity index (χ1n) is 11.0. The van der Waals surface area contributed by atoms with Crippen molar-refractivity contribution in [1.29, 1.82) is 0 Å². The van der Waals surface area contributed by atoms with E-state index in [1.165, 1.54) is 6.07 Å². The number of nitrogens with zero attached hydrogens (tertiary/aromatic N) is 3. The fourth-order valence-electron chi connectivity index (χ4n) is 4.88. The van der Waals surface area contributed by atoms with Crippen LogP contribution >= 0.6 is 0 Å². The number of benzene rings is 1. The quantitative estimate of drug-likeness (QED) is 0.672. The molecule has 4 aliphatic heterocycles. The van der Waals surface area contributed by atoms with Gasteiger partial charge in [-0.15, -0.1) is 0 Å². The van der Waals surface area contributed by atoms with Crippen molar-refractivity contribution in [2.75, 3.05) is 32.7 Å². The highest BCUT2D eigenvalue weighted by Crippen LogP contribution is 2.33. The highest BCUT2D eigenvalue weighted by Gasteiger charge is 2.39. The summed E-state index contributed by atoms with van der Waals surface area (Å²) in [6, 6.07) is 5.64. The molecule has 4 heterocycles. The lowest BCUT2D eigenvalue weighted by atomic mass is 9.93. The van der Waals surface area contributed by atoms with Crippen molar-refractivity contribution in [1.82, 2.24) is 20.4 Å². The normalized spacial score (nSPS) is 27.6. The number of halogens is 1. The first kappa shape index (κ1) is 20.3. The highest BCUT2D eigenvalue weighted by atomic mass is 19.1. The average molecular weight is 424 g/mol. The lowest BCUT2D eigenvalue weighted by molar-refractivity contribution is -0.0168. The largest absolute Gasteiger partial charge is 0.486 e. The molecule has 1 unspecified atom stereocenters. The molecule has 1 aromatic rings. The van der Waals surface area contributed by atoms with E-state index in [1.54, 1.807) is 6.07 Å². The molecule has 2 atom stereocenters. The van der Waals surface area contributed by atoms with E-state index in [0.29, 0.717) is 23.9 Å². The summed E-state index contributed by atoms with van der Waals surface area (Å²) >= 11 is 0. The van der Waals surface area contributed by atoms with Gasteiger partial charge in [0.2, 0.25) is 0 Å². The molecule has 2 N–H and O–H groups in total. The van der Waals surface area contributed by atoms with Crippen molar-refractivity contribution in [2.45, 2.75) is 38.5 Å². The number of piperazine rings is 1. The van der Waals surface area contributed by atoms with Crippen LogP contribution in [0.2, 0.25) is 0 Å². The Morgan fingerprint density at radius 3 is 3.00 bits per heavy atom. The van der Waals surface area contributed by atoms with Gasteiger partial charge < -0.3 is 20.3 Å². The van der Waals surface area contributed by atoms with Gasteiger partial charge in [-0.2, -0.15) is 0 Å². The number of nitrogens with one attached hydrogen (secondary N) is 2. The number of fused-ring (bicyclic) bond motifs is 5.